The molecule has 6 heteroatoms. The monoisotopic (exact) mass is 236 g/mol. The lowest BCUT2D eigenvalue weighted by atomic mass is 10.2. The molecule has 0 saturated heterocycles. The zero-order chi connectivity index (χ0) is 11.4. The summed E-state index contributed by atoms with van der Waals surface area (Å²) in [6.07, 6.45) is -0.536. The van der Waals surface area contributed by atoms with E-state index in [0.717, 1.165) is 5.56 Å². The highest BCUT2D eigenvalue weighted by Gasteiger charge is 2.07. The zero-order valence-corrected chi connectivity index (χ0v) is 9.31. The molecule has 2 aromatic heterocycles. The van der Waals surface area contributed by atoms with Gasteiger partial charge in [-0.25, -0.2) is 0 Å². The van der Waals surface area contributed by atoms with Crippen molar-refractivity contribution in [2.45, 2.75) is 6.10 Å². The molecule has 0 aliphatic carbocycles. The molecular weight excluding hydrogens is 224 g/mol. The van der Waals surface area contributed by atoms with Gasteiger partial charge in [-0.05, 0) is 34.5 Å². The van der Waals surface area contributed by atoms with Crippen LogP contribution in [0, 0.1) is 0 Å². The molecule has 4 N–H and O–H groups in total. The van der Waals surface area contributed by atoms with E-state index in [0.29, 0.717) is 18.2 Å². The molecule has 0 aliphatic rings. The molecule has 16 heavy (non-hydrogen) atoms. The molecule has 0 spiro atoms. The van der Waals surface area contributed by atoms with E-state index in [-0.39, 0.29) is 0 Å². The number of nitrogens with two attached hydrogens (primary N) is 1. The van der Waals surface area contributed by atoms with Crippen LogP contribution in [0.25, 0.3) is 0 Å². The molecule has 1 atom stereocenters. The van der Waals surface area contributed by atoms with Gasteiger partial charge in [0.15, 0.2) is 0 Å². The molecular formula is C10H12N4OS. The van der Waals surface area contributed by atoms with E-state index in [1.807, 2.05) is 16.8 Å². The third kappa shape index (κ3) is 2.68. The number of aliphatic hydroxyl groups excluding tert-OH is 1. The summed E-state index contributed by atoms with van der Waals surface area (Å²) in [5, 5.41) is 24.2. The van der Waals surface area contributed by atoms with Crippen molar-refractivity contribution in [3.63, 3.8) is 0 Å². The lowest BCUT2D eigenvalue weighted by Crippen LogP contribution is -2.12. The largest absolute Gasteiger partial charge is 0.387 e. The number of anilines is 2. The SMILES string of the molecule is Nc1ccc(NCC(O)c2ccsc2)nn1. The molecule has 0 aliphatic heterocycles. The Balaban J connectivity index is 1.90. The molecule has 2 rings (SSSR count). The molecule has 2 heterocycles. The van der Waals surface area contributed by atoms with E-state index in [1.54, 1.807) is 23.5 Å². The first-order valence-electron chi connectivity index (χ1n) is 4.79. The van der Waals surface area contributed by atoms with Crippen LogP contribution in [0.15, 0.2) is 29.0 Å². The van der Waals surface area contributed by atoms with Crippen LogP contribution in [0.1, 0.15) is 11.7 Å². The van der Waals surface area contributed by atoms with Crippen LogP contribution in [0.5, 0.6) is 0 Å². The van der Waals surface area contributed by atoms with E-state index < -0.39 is 6.10 Å². The van der Waals surface area contributed by atoms with E-state index in [1.165, 1.54) is 0 Å². The molecule has 0 amide bonds. The van der Waals surface area contributed by atoms with Gasteiger partial charge in [0.05, 0.1) is 6.10 Å². The minimum atomic E-state index is -0.536. The first-order valence-corrected chi connectivity index (χ1v) is 5.73. The van der Waals surface area contributed by atoms with Gasteiger partial charge in [0.25, 0.3) is 0 Å². The van der Waals surface area contributed by atoms with Gasteiger partial charge in [0.2, 0.25) is 0 Å². The fourth-order valence-corrected chi connectivity index (χ4v) is 1.93. The third-order valence-electron chi connectivity index (χ3n) is 2.09. The Morgan fingerprint density at radius 1 is 1.38 bits per heavy atom. The summed E-state index contributed by atoms with van der Waals surface area (Å²) in [6, 6.07) is 5.28. The summed E-state index contributed by atoms with van der Waals surface area (Å²) in [4.78, 5) is 0. The van der Waals surface area contributed by atoms with Crippen molar-refractivity contribution in [1.82, 2.24) is 10.2 Å². The van der Waals surface area contributed by atoms with Gasteiger partial charge in [-0.15, -0.1) is 10.2 Å². The predicted octanol–water partition coefficient (Wildman–Crippen LogP) is 1.27. The maximum atomic E-state index is 9.80. The molecule has 5 nitrogen and oxygen atoms in total. The maximum Gasteiger partial charge on any atom is 0.148 e. The summed E-state index contributed by atoms with van der Waals surface area (Å²) in [5.74, 6) is 0.979. The summed E-state index contributed by atoms with van der Waals surface area (Å²) in [7, 11) is 0. The number of hydrogen-bond donors (Lipinski definition) is 3. The van der Waals surface area contributed by atoms with Crippen molar-refractivity contribution in [3.8, 4) is 0 Å². The van der Waals surface area contributed by atoms with Crippen LogP contribution < -0.4 is 11.1 Å². The Morgan fingerprint density at radius 3 is 2.88 bits per heavy atom. The molecule has 0 radical (unpaired) electrons. The van der Waals surface area contributed by atoms with Gasteiger partial charge >= 0.3 is 0 Å². The molecule has 2 aromatic rings. The topological polar surface area (TPSA) is 84.1 Å². The molecule has 0 fully saturated rings. The second kappa shape index (κ2) is 4.91. The highest BCUT2D eigenvalue weighted by Crippen LogP contribution is 2.16. The number of hydrogen-bond acceptors (Lipinski definition) is 6. The highest BCUT2D eigenvalue weighted by molar-refractivity contribution is 7.07. The van der Waals surface area contributed by atoms with Crippen LogP contribution in [-0.4, -0.2) is 21.8 Å². The number of thiophene rings is 1. The maximum absolute atomic E-state index is 9.80. The second-order valence-corrected chi connectivity index (χ2v) is 4.08. The second-order valence-electron chi connectivity index (χ2n) is 3.30. The minimum Gasteiger partial charge on any atom is -0.387 e. The van der Waals surface area contributed by atoms with Crippen molar-refractivity contribution in [3.05, 3.63) is 34.5 Å². The fraction of sp³-hybridized carbons (Fsp3) is 0.200. The molecule has 0 aromatic carbocycles. The van der Waals surface area contributed by atoms with Gasteiger partial charge in [-0.2, -0.15) is 11.3 Å². The number of nitrogens with zero attached hydrogens (tertiary/aromatic N) is 2. The quantitative estimate of drug-likeness (QED) is 0.744. The van der Waals surface area contributed by atoms with E-state index in [2.05, 4.69) is 15.5 Å². The lowest BCUT2D eigenvalue weighted by molar-refractivity contribution is 0.192. The van der Waals surface area contributed by atoms with Crippen molar-refractivity contribution in [1.29, 1.82) is 0 Å². The minimum absolute atomic E-state index is 0.379. The standard InChI is InChI=1S/C10H12N4OS/c11-9-1-2-10(14-13-9)12-5-8(15)7-3-4-16-6-7/h1-4,6,8,15H,5H2,(H2,11,13)(H,12,14). The van der Waals surface area contributed by atoms with Crippen molar-refractivity contribution in [2.75, 3.05) is 17.6 Å². The van der Waals surface area contributed by atoms with Crippen LogP contribution in [0.3, 0.4) is 0 Å². The normalized spacial score (nSPS) is 12.3. The van der Waals surface area contributed by atoms with Crippen LogP contribution in [0.2, 0.25) is 0 Å². The van der Waals surface area contributed by atoms with Crippen molar-refractivity contribution in [2.24, 2.45) is 0 Å². The first-order chi connectivity index (χ1) is 7.75. The van der Waals surface area contributed by atoms with Gasteiger partial charge in [0, 0.05) is 6.54 Å². The van der Waals surface area contributed by atoms with Crippen molar-refractivity contribution >= 4 is 23.0 Å². The summed E-state index contributed by atoms with van der Waals surface area (Å²) in [5.41, 5.74) is 6.31. The van der Waals surface area contributed by atoms with Gasteiger partial charge < -0.3 is 16.2 Å². The molecule has 84 valence electrons. The van der Waals surface area contributed by atoms with Crippen LogP contribution in [-0.2, 0) is 0 Å². The van der Waals surface area contributed by atoms with Gasteiger partial charge in [-0.1, -0.05) is 0 Å². The lowest BCUT2D eigenvalue weighted by Gasteiger charge is -2.10. The Bertz CT molecular complexity index is 429. The summed E-state index contributed by atoms with van der Waals surface area (Å²) in [6.45, 7) is 0.398. The zero-order valence-electron chi connectivity index (χ0n) is 8.50. The number of aliphatic hydroxyl groups is 1. The average molecular weight is 236 g/mol. The van der Waals surface area contributed by atoms with Crippen LogP contribution >= 0.6 is 11.3 Å². The van der Waals surface area contributed by atoms with Crippen LogP contribution in [0.4, 0.5) is 11.6 Å². The summed E-state index contributed by atoms with van der Waals surface area (Å²) >= 11 is 1.56. The van der Waals surface area contributed by atoms with E-state index in [9.17, 15) is 5.11 Å². The molecule has 0 bridgehead atoms. The number of aromatic nitrogens is 2. The summed E-state index contributed by atoms with van der Waals surface area (Å²) < 4.78 is 0. The Hall–Kier alpha value is -1.66. The fourth-order valence-electron chi connectivity index (χ4n) is 1.22. The number of nitrogens with one attached hydrogen (secondary N) is 1. The predicted molar refractivity (Wildman–Crippen MR) is 64.2 cm³/mol. The molecule has 1 unspecified atom stereocenters. The number of rotatable bonds is 4. The Morgan fingerprint density at radius 2 is 2.25 bits per heavy atom. The Labute approximate surface area is 97.0 Å². The average Bonchev–Trinajstić information content (AvgIpc) is 2.81. The smallest absolute Gasteiger partial charge is 0.148 e. The van der Waals surface area contributed by atoms with E-state index >= 15 is 0 Å². The third-order valence-corrected chi connectivity index (χ3v) is 2.79. The number of nitrogen functional groups attached to an aromatic ring is 1. The van der Waals surface area contributed by atoms with Gasteiger partial charge in [0.1, 0.15) is 11.6 Å². The van der Waals surface area contributed by atoms with E-state index in [4.69, 9.17) is 5.73 Å². The first kappa shape index (κ1) is 10.8. The molecule has 0 saturated carbocycles. The van der Waals surface area contributed by atoms with Gasteiger partial charge in [-0.3, -0.25) is 0 Å². The Kier molecular flexibility index (Phi) is 3.33. The highest BCUT2D eigenvalue weighted by atomic mass is 32.1. The van der Waals surface area contributed by atoms with Crippen molar-refractivity contribution < 1.29 is 5.11 Å².